The van der Waals surface area contributed by atoms with Gasteiger partial charge in [-0.1, -0.05) is 13.3 Å². The van der Waals surface area contributed by atoms with Crippen molar-refractivity contribution in [2.24, 2.45) is 11.3 Å². The fraction of sp³-hybridized carbons (Fsp3) is 0.941. The van der Waals surface area contributed by atoms with Crippen LogP contribution in [0.5, 0.6) is 0 Å². The maximum absolute atomic E-state index is 13.0. The number of hydrogen-bond donors (Lipinski definition) is 1. The van der Waals surface area contributed by atoms with Crippen molar-refractivity contribution in [3.8, 4) is 0 Å². The van der Waals surface area contributed by atoms with E-state index in [4.69, 9.17) is 0 Å². The van der Waals surface area contributed by atoms with Gasteiger partial charge in [-0.25, -0.2) is 0 Å². The summed E-state index contributed by atoms with van der Waals surface area (Å²) >= 11 is 0. The van der Waals surface area contributed by atoms with Gasteiger partial charge in [0.1, 0.15) is 0 Å². The van der Waals surface area contributed by atoms with Crippen LogP contribution in [0.2, 0.25) is 0 Å². The maximum atomic E-state index is 13.0. The normalized spacial score (nSPS) is 28.5. The van der Waals surface area contributed by atoms with E-state index in [0.29, 0.717) is 11.8 Å². The van der Waals surface area contributed by atoms with E-state index in [0.717, 1.165) is 45.3 Å². The van der Waals surface area contributed by atoms with Crippen LogP contribution in [-0.2, 0) is 4.79 Å². The number of hydrogen-bond acceptors (Lipinski definition) is 3. The lowest BCUT2D eigenvalue weighted by molar-refractivity contribution is -0.143. The Balaban J connectivity index is 1.92. The molecule has 1 N–H and O–H groups in total. The summed E-state index contributed by atoms with van der Waals surface area (Å²) in [6, 6.07) is 0. The Kier molecular flexibility index (Phi) is 6.06. The number of likely N-dealkylation sites (tertiary alicyclic amines) is 1. The molecule has 1 amide bonds. The molecule has 0 spiro atoms. The number of amides is 1. The van der Waals surface area contributed by atoms with Crippen LogP contribution in [0.1, 0.15) is 45.4 Å². The van der Waals surface area contributed by atoms with Gasteiger partial charge in [-0.2, -0.15) is 0 Å². The minimum absolute atomic E-state index is 0.132. The minimum atomic E-state index is -0.132. The van der Waals surface area contributed by atoms with E-state index in [-0.39, 0.29) is 5.41 Å². The highest BCUT2D eigenvalue weighted by molar-refractivity contribution is 5.83. The predicted octanol–water partition coefficient (Wildman–Crippen LogP) is 1.96. The smallest absolute Gasteiger partial charge is 0.229 e. The summed E-state index contributed by atoms with van der Waals surface area (Å²) in [5.41, 5.74) is -0.132. The Morgan fingerprint density at radius 1 is 1.38 bits per heavy atom. The average Bonchev–Trinajstić information content (AvgIpc) is 2.50. The van der Waals surface area contributed by atoms with Crippen molar-refractivity contribution < 1.29 is 4.79 Å². The Labute approximate surface area is 130 Å². The quantitative estimate of drug-likeness (QED) is 0.842. The van der Waals surface area contributed by atoms with Gasteiger partial charge in [-0.05, 0) is 64.7 Å². The van der Waals surface area contributed by atoms with E-state index < -0.39 is 0 Å². The van der Waals surface area contributed by atoms with Crippen LogP contribution in [0.25, 0.3) is 0 Å². The van der Waals surface area contributed by atoms with Crippen molar-refractivity contribution in [3.63, 3.8) is 0 Å². The van der Waals surface area contributed by atoms with Crippen molar-refractivity contribution >= 4 is 5.91 Å². The summed E-state index contributed by atoms with van der Waals surface area (Å²) in [5.74, 6) is 1.07. The third-order valence-corrected chi connectivity index (χ3v) is 5.37. The molecular formula is C17H33N3O. The molecule has 4 heteroatoms. The largest absolute Gasteiger partial charge is 0.345 e. The molecule has 2 saturated heterocycles. The molecular weight excluding hydrogens is 262 g/mol. The van der Waals surface area contributed by atoms with Gasteiger partial charge in [0.2, 0.25) is 5.91 Å². The number of carbonyl (C=O) groups excluding carboxylic acids is 1. The summed E-state index contributed by atoms with van der Waals surface area (Å²) in [7, 11) is 4.21. The first-order chi connectivity index (χ1) is 10.1. The molecule has 2 aliphatic heterocycles. The second-order valence-electron chi connectivity index (χ2n) is 7.24. The van der Waals surface area contributed by atoms with Crippen LogP contribution < -0.4 is 5.32 Å². The second kappa shape index (κ2) is 7.59. The number of piperidine rings is 2. The number of carbonyl (C=O) groups is 1. The van der Waals surface area contributed by atoms with Crippen LogP contribution in [0.3, 0.4) is 0 Å². The molecule has 2 fully saturated rings. The molecule has 0 radical (unpaired) electrons. The van der Waals surface area contributed by atoms with E-state index in [1.54, 1.807) is 0 Å². The lowest BCUT2D eigenvalue weighted by atomic mass is 9.75. The van der Waals surface area contributed by atoms with Crippen LogP contribution >= 0.6 is 0 Å². The summed E-state index contributed by atoms with van der Waals surface area (Å²) in [4.78, 5) is 17.5. The zero-order valence-electron chi connectivity index (χ0n) is 14.2. The topological polar surface area (TPSA) is 35.6 Å². The van der Waals surface area contributed by atoms with E-state index in [2.05, 4.69) is 24.2 Å². The number of nitrogens with zero attached hydrogens (tertiary/aromatic N) is 2. The fourth-order valence-corrected chi connectivity index (χ4v) is 4.07. The highest BCUT2D eigenvalue weighted by Gasteiger charge is 2.40. The highest BCUT2D eigenvalue weighted by atomic mass is 16.2. The van der Waals surface area contributed by atoms with E-state index in [1.165, 1.54) is 25.9 Å². The first-order valence-corrected chi connectivity index (χ1v) is 8.72. The molecule has 2 heterocycles. The first-order valence-electron chi connectivity index (χ1n) is 8.72. The van der Waals surface area contributed by atoms with Crippen molar-refractivity contribution in [2.75, 3.05) is 46.8 Å². The third kappa shape index (κ3) is 4.19. The molecule has 0 aromatic rings. The molecule has 2 rings (SSSR count). The molecule has 0 saturated carbocycles. The second-order valence-corrected chi connectivity index (χ2v) is 7.24. The summed E-state index contributed by atoms with van der Waals surface area (Å²) in [6.45, 7) is 7.43. The van der Waals surface area contributed by atoms with Crippen molar-refractivity contribution in [3.05, 3.63) is 0 Å². The fourth-order valence-electron chi connectivity index (χ4n) is 4.07. The van der Waals surface area contributed by atoms with Crippen LogP contribution in [0.15, 0.2) is 0 Å². The monoisotopic (exact) mass is 295 g/mol. The summed E-state index contributed by atoms with van der Waals surface area (Å²) in [6.07, 6.45) is 6.77. The van der Waals surface area contributed by atoms with Gasteiger partial charge >= 0.3 is 0 Å². The zero-order chi connectivity index (χ0) is 15.3. The number of nitrogens with one attached hydrogen (secondary N) is 1. The van der Waals surface area contributed by atoms with Gasteiger partial charge in [0, 0.05) is 20.1 Å². The van der Waals surface area contributed by atoms with Gasteiger partial charge in [-0.15, -0.1) is 0 Å². The SMILES string of the molecule is CCCC1(C(=O)N(C)CC2CCN(C)CC2)CCCNC1. The molecule has 0 bridgehead atoms. The molecule has 1 atom stereocenters. The van der Waals surface area contributed by atoms with Gasteiger partial charge in [0.05, 0.1) is 5.41 Å². The molecule has 21 heavy (non-hydrogen) atoms. The highest BCUT2D eigenvalue weighted by Crippen LogP contribution is 2.34. The molecule has 1 unspecified atom stereocenters. The van der Waals surface area contributed by atoms with Crippen molar-refractivity contribution in [1.82, 2.24) is 15.1 Å². The first kappa shape index (κ1) is 16.8. The molecule has 4 nitrogen and oxygen atoms in total. The van der Waals surface area contributed by atoms with Crippen molar-refractivity contribution in [1.29, 1.82) is 0 Å². The van der Waals surface area contributed by atoms with Gasteiger partial charge in [-0.3, -0.25) is 4.79 Å². The minimum Gasteiger partial charge on any atom is -0.345 e. The summed E-state index contributed by atoms with van der Waals surface area (Å²) < 4.78 is 0. The molecule has 0 aromatic carbocycles. The third-order valence-electron chi connectivity index (χ3n) is 5.37. The molecule has 0 aliphatic carbocycles. The van der Waals surface area contributed by atoms with E-state index in [1.807, 2.05) is 11.9 Å². The standard InChI is InChI=1S/C17H33N3O/c1-4-8-17(9-5-10-18-14-17)16(21)20(3)13-15-6-11-19(2)12-7-15/h15,18H,4-14H2,1-3H3. The molecule has 122 valence electrons. The maximum Gasteiger partial charge on any atom is 0.229 e. The lowest BCUT2D eigenvalue weighted by Crippen LogP contribution is -2.52. The molecule has 2 aliphatic rings. The Morgan fingerprint density at radius 2 is 2.10 bits per heavy atom. The van der Waals surface area contributed by atoms with E-state index in [9.17, 15) is 4.79 Å². The zero-order valence-corrected chi connectivity index (χ0v) is 14.2. The molecule has 0 aromatic heterocycles. The number of rotatable bonds is 5. The predicted molar refractivity (Wildman–Crippen MR) is 87.3 cm³/mol. The van der Waals surface area contributed by atoms with Gasteiger partial charge < -0.3 is 15.1 Å². The van der Waals surface area contributed by atoms with Crippen LogP contribution in [0.4, 0.5) is 0 Å². The Hall–Kier alpha value is -0.610. The van der Waals surface area contributed by atoms with E-state index >= 15 is 0 Å². The van der Waals surface area contributed by atoms with Gasteiger partial charge in [0.15, 0.2) is 0 Å². The average molecular weight is 295 g/mol. The Bertz CT molecular complexity index is 325. The van der Waals surface area contributed by atoms with Crippen molar-refractivity contribution in [2.45, 2.75) is 45.4 Å². The van der Waals surface area contributed by atoms with Crippen LogP contribution in [0, 0.1) is 11.3 Å². The Morgan fingerprint density at radius 3 is 2.67 bits per heavy atom. The summed E-state index contributed by atoms with van der Waals surface area (Å²) in [5, 5.41) is 3.45. The van der Waals surface area contributed by atoms with Crippen LogP contribution in [-0.4, -0.2) is 62.5 Å². The van der Waals surface area contributed by atoms with Gasteiger partial charge in [0.25, 0.3) is 0 Å². The lowest BCUT2D eigenvalue weighted by Gasteiger charge is -2.40.